The molecule has 3 rings (SSSR count). The van der Waals surface area contributed by atoms with Crippen LogP contribution in [0.5, 0.6) is 0 Å². The van der Waals surface area contributed by atoms with Gasteiger partial charge in [-0.2, -0.15) is 18.2 Å². The molecule has 0 unspecified atom stereocenters. The van der Waals surface area contributed by atoms with Gasteiger partial charge in [-0.15, -0.1) is 0 Å². The Morgan fingerprint density at radius 2 is 1.85 bits per heavy atom. The maximum absolute atomic E-state index is 12.5. The van der Waals surface area contributed by atoms with Crippen molar-refractivity contribution in [2.24, 2.45) is 0 Å². The van der Waals surface area contributed by atoms with Crippen molar-refractivity contribution in [3.05, 3.63) is 53.7 Å². The van der Waals surface area contributed by atoms with Crippen molar-refractivity contribution in [1.82, 2.24) is 20.6 Å². The van der Waals surface area contributed by atoms with Gasteiger partial charge in [0.05, 0.1) is 18.3 Å². The Bertz CT molecular complexity index is 917. The summed E-state index contributed by atoms with van der Waals surface area (Å²) < 4.78 is 46.0. The first-order valence-corrected chi connectivity index (χ1v) is 7.07. The molecule has 0 atom stereocenters. The fraction of sp³-hybridized carbons (Fsp3) is 0.133. The zero-order valence-corrected chi connectivity index (χ0v) is 12.8. The quantitative estimate of drug-likeness (QED) is 0.690. The Morgan fingerprint density at radius 3 is 2.42 bits per heavy atom. The van der Waals surface area contributed by atoms with Crippen molar-refractivity contribution in [2.45, 2.75) is 6.18 Å². The Hall–Kier alpha value is -3.50. The number of alkyl halides is 3. The Kier molecular flexibility index (Phi) is 4.52. The van der Waals surface area contributed by atoms with E-state index in [1.54, 1.807) is 0 Å². The van der Waals surface area contributed by atoms with E-state index in [0.717, 1.165) is 6.26 Å². The Labute approximate surface area is 143 Å². The number of hydrogen-bond donors (Lipinski definition) is 1. The molecule has 0 bridgehead atoms. The number of benzene rings is 1. The van der Waals surface area contributed by atoms with E-state index in [1.165, 1.54) is 30.5 Å². The van der Waals surface area contributed by atoms with Crippen molar-refractivity contribution in [1.29, 1.82) is 0 Å². The molecule has 3 aromatic rings. The molecule has 2 heterocycles. The van der Waals surface area contributed by atoms with Gasteiger partial charge in [0.25, 0.3) is 5.91 Å². The fourth-order valence-electron chi connectivity index (χ4n) is 1.94. The third-order valence-electron chi connectivity index (χ3n) is 3.24. The summed E-state index contributed by atoms with van der Waals surface area (Å²) in [7, 11) is 0. The minimum atomic E-state index is -4.73. The minimum Gasteiger partial charge on any atom is -0.364 e. The monoisotopic (exact) mass is 366 g/mol. The molecule has 0 aliphatic heterocycles. The highest BCUT2D eigenvalue weighted by Crippen LogP contribution is 2.29. The number of halogens is 3. The first-order chi connectivity index (χ1) is 12.3. The maximum atomic E-state index is 12.5. The van der Waals surface area contributed by atoms with Crippen molar-refractivity contribution in [2.75, 3.05) is 6.54 Å². The second-order valence-electron chi connectivity index (χ2n) is 5.02. The molecule has 0 radical (unpaired) electrons. The molecule has 1 aromatic carbocycles. The van der Waals surface area contributed by atoms with Gasteiger partial charge in [-0.1, -0.05) is 34.6 Å². The van der Waals surface area contributed by atoms with Crippen LogP contribution in [0.25, 0.3) is 11.4 Å². The Balaban J connectivity index is 1.64. The van der Waals surface area contributed by atoms with Crippen molar-refractivity contribution in [3.63, 3.8) is 0 Å². The van der Waals surface area contributed by atoms with Gasteiger partial charge in [0.2, 0.25) is 5.82 Å². The molecule has 0 spiro atoms. The van der Waals surface area contributed by atoms with Crippen LogP contribution in [-0.2, 0) is 6.18 Å². The zero-order valence-electron chi connectivity index (χ0n) is 12.8. The van der Waals surface area contributed by atoms with Crippen molar-refractivity contribution >= 4 is 11.7 Å². The summed E-state index contributed by atoms with van der Waals surface area (Å²) in [5.74, 6) is -2.63. The average molecular weight is 366 g/mol. The second kappa shape index (κ2) is 6.78. The SMILES string of the molecule is O=C(CNC(=O)c1cnoc1)c1ccc(-c2noc(C(F)(F)F)n2)cc1. The molecule has 8 nitrogen and oxygen atoms in total. The third-order valence-corrected chi connectivity index (χ3v) is 3.24. The molecule has 0 aliphatic rings. The number of ketones is 1. The van der Waals surface area contributed by atoms with E-state index in [9.17, 15) is 22.8 Å². The van der Waals surface area contributed by atoms with Gasteiger partial charge in [-0.3, -0.25) is 9.59 Å². The molecule has 0 fully saturated rings. The first kappa shape index (κ1) is 17.3. The summed E-state index contributed by atoms with van der Waals surface area (Å²) in [5, 5.41) is 9.02. The van der Waals surface area contributed by atoms with Gasteiger partial charge in [-0.25, -0.2) is 0 Å². The lowest BCUT2D eigenvalue weighted by Gasteiger charge is -2.03. The normalized spacial score (nSPS) is 11.3. The third kappa shape index (κ3) is 3.77. The van der Waals surface area contributed by atoms with E-state index < -0.39 is 23.8 Å². The topological polar surface area (TPSA) is 111 Å². The molecule has 1 amide bonds. The number of carbonyl (C=O) groups is 2. The lowest BCUT2D eigenvalue weighted by Crippen LogP contribution is -2.29. The van der Waals surface area contributed by atoms with Crippen LogP contribution in [0.3, 0.4) is 0 Å². The van der Waals surface area contributed by atoms with Gasteiger partial charge in [0, 0.05) is 11.1 Å². The number of nitrogens with zero attached hydrogens (tertiary/aromatic N) is 3. The van der Waals surface area contributed by atoms with Crippen molar-refractivity contribution in [3.8, 4) is 11.4 Å². The number of rotatable bonds is 5. The van der Waals surface area contributed by atoms with E-state index in [1.807, 2.05) is 0 Å². The molecule has 1 N–H and O–H groups in total. The van der Waals surface area contributed by atoms with E-state index in [4.69, 9.17) is 0 Å². The summed E-state index contributed by atoms with van der Waals surface area (Å²) >= 11 is 0. The zero-order chi connectivity index (χ0) is 18.7. The highest BCUT2D eigenvalue weighted by atomic mass is 19.4. The van der Waals surface area contributed by atoms with Crippen LogP contribution in [-0.4, -0.2) is 33.5 Å². The molecule has 11 heteroatoms. The second-order valence-corrected chi connectivity index (χ2v) is 5.02. The molecule has 134 valence electrons. The van der Waals surface area contributed by atoms with E-state index in [2.05, 4.69) is 29.7 Å². The average Bonchev–Trinajstić information content (AvgIpc) is 3.30. The lowest BCUT2D eigenvalue weighted by atomic mass is 10.1. The van der Waals surface area contributed by atoms with Crippen LogP contribution in [0.4, 0.5) is 13.2 Å². The van der Waals surface area contributed by atoms with E-state index in [0.29, 0.717) is 0 Å². The van der Waals surface area contributed by atoms with Crippen molar-refractivity contribution < 1.29 is 31.8 Å². The molecular weight excluding hydrogens is 357 g/mol. The van der Waals surface area contributed by atoms with Gasteiger partial charge >= 0.3 is 12.1 Å². The van der Waals surface area contributed by atoms with Gasteiger partial charge in [0.1, 0.15) is 6.26 Å². The number of hydrogen-bond acceptors (Lipinski definition) is 7. The van der Waals surface area contributed by atoms with Crippen LogP contribution >= 0.6 is 0 Å². The van der Waals surface area contributed by atoms with Crippen LogP contribution < -0.4 is 5.32 Å². The molecule has 2 aromatic heterocycles. The van der Waals surface area contributed by atoms with Crippen LogP contribution in [0.2, 0.25) is 0 Å². The lowest BCUT2D eigenvalue weighted by molar-refractivity contribution is -0.159. The highest BCUT2D eigenvalue weighted by Gasteiger charge is 2.38. The standard InChI is InChI=1S/C15H9F3N4O4/c16-15(17,18)14-21-12(22-26-14)9-3-1-8(2-4-9)11(23)6-19-13(24)10-5-20-25-7-10/h1-5,7H,6H2,(H,19,24). The van der Waals surface area contributed by atoms with E-state index >= 15 is 0 Å². The summed E-state index contributed by atoms with van der Waals surface area (Å²) in [6, 6.07) is 5.51. The summed E-state index contributed by atoms with van der Waals surface area (Å²) in [6.45, 7) is -0.274. The maximum Gasteiger partial charge on any atom is 0.471 e. The molecule has 0 aliphatic carbocycles. The number of amides is 1. The molecule has 0 saturated heterocycles. The first-order valence-electron chi connectivity index (χ1n) is 7.07. The number of carbonyl (C=O) groups excluding carboxylic acids is 2. The molecule has 0 saturated carbocycles. The Morgan fingerprint density at radius 1 is 1.12 bits per heavy atom. The predicted octanol–water partition coefficient (Wildman–Crippen LogP) is 2.36. The van der Waals surface area contributed by atoms with E-state index in [-0.39, 0.29) is 29.1 Å². The van der Waals surface area contributed by atoms with Gasteiger partial charge in [-0.05, 0) is 0 Å². The molecular formula is C15H9F3N4O4. The minimum absolute atomic E-state index is 0.172. The number of aromatic nitrogens is 3. The fourth-order valence-corrected chi connectivity index (χ4v) is 1.94. The number of nitrogens with one attached hydrogen (secondary N) is 1. The van der Waals surface area contributed by atoms with Crippen LogP contribution in [0.15, 0.2) is 45.8 Å². The highest BCUT2D eigenvalue weighted by molar-refractivity contribution is 6.02. The summed E-state index contributed by atoms with van der Waals surface area (Å²) in [4.78, 5) is 27.0. The predicted molar refractivity (Wildman–Crippen MR) is 77.9 cm³/mol. The summed E-state index contributed by atoms with van der Waals surface area (Å²) in [5.41, 5.74) is 0.666. The smallest absolute Gasteiger partial charge is 0.364 e. The van der Waals surface area contributed by atoms with Crippen LogP contribution in [0, 0.1) is 0 Å². The number of Topliss-reactive ketones (excluding diaryl/α,β-unsaturated/α-hetero) is 1. The van der Waals surface area contributed by atoms with Gasteiger partial charge in [0.15, 0.2) is 5.78 Å². The van der Waals surface area contributed by atoms with Gasteiger partial charge < -0.3 is 14.4 Å². The largest absolute Gasteiger partial charge is 0.471 e. The summed E-state index contributed by atoms with van der Waals surface area (Å²) in [6.07, 6.45) is -2.40. The molecule has 26 heavy (non-hydrogen) atoms. The van der Waals surface area contributed by atoms with Crippen LogP contribution in [0.1, 0.15) is 26.6 Å².